The first-order valence-corrected chi connectivity index (χ1v) is 9.81. The van der Waals surface area contributed by atoms with Gasteiger partial charge in [-0.25, -0.2) is 4.98 Å². The molecule has 0 N–H and O–H groups in total. The zero-order chi connectivity index (χ0) is 18.7. The van der Waals surface area contributed by atoms with E-state index in [9.17, 15) is 0 Å². The van der Waals surface area contributed by atoms with Crippen molar-refractivity contribution in [2.24, 2.45) is 0 Å². The highest BCUT2D eigenvalue weighted by atomic mass is 15.0. The maximum absolute atomic E-state index is 5.15. The van der Waals surface area contributed by atoms with Gasteiger partial charge in [-0.1, -0.05) is 60.7 Å². The molecule has 2 heterocycles. The summed E-state index contributed by atoms with van der Waals surface area (Å²) in [6.45, 7) is 3.15. The van der Waals surface area contributed by atoms with E-state index in [2.05, 4.69) is 96.4 Å². The van der Waals surface area contributed by atoms with Crippen LogP contribution in [0.25, 0.3) is 55.4 Å². The first-order valence-electron chi connectivity index (χ1n) is 9.81. The Hall–Kier alpha value is -3.52. The number of pyridine rings is 2. The Labute approximate surface area is 163 Å². The van der Waals surface area contributed by atoms with Gasteiger partial charge in [-0.2, -0.15) is 4.57 Å². The van der Waals surface area contributed by atoms with Gasteiger partial charge in [-0.15, -0.1) is 0 Å². The second-order valence-electron chi connectivity index (χ2n) is 7.30. The second-order valence-corrected chi connectivity index (χ2v) is 7.30. The minimum Gasteiger partial charge on any atom is -0.247 e. The average Bonchev–Trinajstić information content (AvgIpc) is 3.10. The normalized spacial score (nSPS) is 11.9. The van der Waals surface area contributed by atoms with E-state index < -0.39 is 0 Å². The molecule has 2 heteroatoms. The summed E-state index contributed by atoms with van der Waals surface area (Å²) in [7, 11) is 0. The van der Waals surface area contributed by atoms with E-state index in [4.69, 9.17) is 4.98 Å². The molecule has 2 nitrogen and oxygen atoms in total. The molecule has 5 aromatic rings. The summed E-state index contributed by atoms with van der Waals surface area (Å²) in [5.74, 6) is 0. The molecule has 0 radical (unpaired) electrons. The molecule has 1 aliphatic rings. The standard InChI is InChI=1S/C26H19N2/c1-2-28-23-15-9-8-12-18(23)21-16-22(17-10-4-3-5-11-17)27-25-19-13-6-7-14-20(19)26(28)24(21)25/h3-16H,2H2,1H3/q+1. The van der Waals surface area contributed by atoms with Crippen molar-refractivity contribution in [3.63, 3.8) is 0 Å². The van der Waals surface area contributed by atoms with Crippen molar-refractivity contribution in [3.05, 3.63) is 84.9 Å². The third-order valence-electron chi connectivity index (χ3n) is 5.83. The fourth-order valence-electron chi connectivity index (χ4n) is 4.65. The molecular formula is C26H19N2+. The average molecular weight is 359 g/mol. The Morgan fingerprint density at radius 3 is 2.29 bits per heavy atom. The molecule has 0 atom stereocenters. The molecule has 0 amide bonds. The summed E-state index contributed by atoms with van der Waals surface area (Å²) in [6.07, 6.45) is 0. The number of hydrogen-bond acceptors (Lipinski definition) is 1. The highest BCUT2D eigenvalue weighted by Crippen LogP contribution is 2.47. The zero-order valence-electron chi connectivity index (χ0n) is 15.7. The number of fused-ring (bicyclic) bond motifs is 5. The SMILES string of the molecule is CC[n+]1c2c3c(nc(-c4ccccc4)cc3c3ccccc31)-c1ccccc1-2. The van der Waals surface area contributed by atoms with E-state index in [1.54, 1.807) is 0 Å². The molecule has 1 aliphatic carbocycles. The van der Waals surface area contributed by atoms with Crippen molar-refractivity contribution >= 4 is 21.7 Å². The van der Waals surface area contributed by atoms with Crippen molar-refractivity contribution in [3.8, 4) is 33.8 Å². The van der Waals surface area contributed by atoms with Crippen molar-refractivity contribution in [2.45, 2.75) is 13.5 Å². The Kier molecular flexibility index (Phi) is 3.18. The van der Waals surface area contributed by atoms with Crippen LogP contribution >= 0.6 is 0 Å². The molecule has 0 saturated heterocycles. The molecular weight excluding hydrogens is 340 g/mol. The Balaban J connectivity index is 1.87. The number of hydrogen-bond donors (Lipinski definition) is 0. The van der Waals surface area contributed by atoms with E-state index in [0.717, 1.165) is 23.5 Å². The van der Waals surface area contributed by atoms with Gasteiger partial charge in [0.1, 0.15) is 6.54 Å². The Morgan fingerprint density at radius 2 is 1.46 bits per heavy atom. The van der Waals surface area contributed by atoms with Crippen molar-refractivity contribution in [1.29, 1.82) is 0 Å². The van der Waals surface area contributed by atoms with Gasteiger partial charge in [0, 0.05) is 22.6 Å². The molecule has 3 aromatic carbocycles. The fourth-order valence-corrected chi connectivity index (χ4v) is 4.65. The quantitative estimate of drug-likeness (QED) is 0.273. The second kappa shape index (κ2) is 5.74. The Morgan fingerprint density at radius 1 is 0.750 bits per heavy atom. The summed E-state index contributed by atoms with van der Waals surface area (Å²) in [5, 5.41) is 3.86. The molecule has 0 spiro atoms. The lowest BCUT2D eigenvalue weighted by molar-refractivity contribution is -0.655. The molecule has 2 aromatic heterocycles. The van der Waals surface area contributed by atoms with Crippen LogP contribution in [0, 0.1) is 0 Å². The van der Waals surface area contributed by atoms with E-state index in [1.165, 1.54) is 38.5 Å². The van der Waals surface area contributed by atoms with Crippen molar-refractivity contribution in [1.82, 2.24) is 4.98 Å². The molecule has 0 saturated carbocycles. The van der Waals surface area contributed by atoms with Crippen molar-refractivity contribution in [2.75, 3.05) is 0 Å². The molecule has 0 aliphatic heterocycles. The monoisotopic (exact) mass is 359 g/mol. The summed E-state index contributed by atoms with van der Waals surface area (Å²) in [5.41, 5.74) is 8.39. The number of nitrogens with zero attached hydrogens (tertiary/aromatic N) is 2. The van der Waals surface area contributed by atoms with Crippen LogP contribution in [0.5, 0.6) is 0 Å². The van der Waals surface area contributed by atoms with Crippen LogP contribution in [0.4, 0.5) is 0 Å². The molecule has 0 unspecified atom stereocenters. The number of rotatable bonds is 2. The predicted octanol–water partition coefficient (Wildman–Crippen LogP) is 6.01. The largest absolute Gasteiger partial charge is 0.247 e. The lowest BCUT2D eigenvalue weighted by atomic mass is 10.0. The number of aromatic nitrogens is 2. The third kappa shape index (κ3) is 1.97. The van der Waals surface area contributed by atoms with E-state index in [0.29, 0.717) is 0 Å². The minimum atomic E-state index is 0.931. The van der Waals surface area contributed by atoms with E-state index >= 15 is 0 Å². The van der Waals surface area contributed by atoms with Crippen LogP contribution in [0.3, 0.4) is 0 Å². The van der Waals surface area contributed by atoms with Gasteiger partial charge in [-0.05, 0) is 25.1 Å². The van der Waals surface area contributed by atoms with Gasteiger partial charge in [0.25, 0.3) is 0 Å². The summed E-state index contributed by atoms with van der Waals surface area (Å²) >= 11 is 0. The van der Waals surface area contributed by atoms with Gasteiger partial charge < -0.3 is 0 Å². The molecule has 0 fully saturated rings. The van der Waals surface area contributed by atoms with Crippen LogP contribution in [0.1, 0.15) is 6.92 Å². The molecule has 132 valence electrons. The van der Waals surface area contributed by atoms with Crippen LogP contribution in [0.15, 0.2) is 84.9 Å². The summed E-state index contributed by atoms with van der Waals surface area (Å²) in [6, 6.07) is 30.2. The maximum atomic E-state index is 5.15. The first-order chi connectivity index (χ1) is 13.9. The third-order valence-corrected chi connectivity index (χ3v) is 5.83. The van der Waals surface area contributed by atoms with Crippen LogP contribution < -0.4 is 4.57 Å². The molecule has 6 rings (SSSR count). The Bertz CT molecular complexity index is 1380. The predicted molar refractivity (Wildman–Crippen MR) is 115 cm³/mol. The molecule has 0 bridgehead atoms. The summed E-state index contributed by atoms with van der Waals surface area (Å²) < 4.78 is 2.44. The van der Waals surface area contributed by atoms with E-state index in [1.807, 2.05) is 0 Å². The van der Waals surface area contributed by atoms with Crippen LogP contribution in [-0.2, 0) is 6.54 Å². The maximum Gasteiger partial charge on any atom is 0.223 e. The smallest absolute Gasteiger partial charge is 0.223 e. The minimum absolute atomic E-state index is 0.931. The van der Waals surface area contributed by atoms with Crippen LogP contribution in [-0.4, -0.2) is 4.98 Å². The number of aryl methyl sites for hydroxylation is 1. The lowest BCUT2D eigenvalue weighted by Gasteiger charge is -2.10. The van der Waals surface area contributed by atoms with Gasteiger partial charge in [0.05, 0.1) is 27.7 Å². The van der Waals surface area contributed by atoms with Gasteiger partial charge in [0.2, 0.25) is 11.2 Å². The molecule has 28 heavy (non-hydrogen) atoms. The van der Waals surface area contributed by atoms with E-state index in [-0.39, 0.29) is 0 Å². The lowest BCUT2D eigenvalue weighted by Crippen LogP contribution is -2.35. The van der Waals surface area contributed by atoms with Crippen LogP contribution in [0.2, 0.25) is 0 Å². The fraction of sp³-hybridized carbons (Fsp3) is 0.0769. The highest BCUT2D eigenvalue weighted by molar-refractivity contribution is 6.19. The highest BCUT2D eigenvalue weighted by Gasteiger charge is 2.33. The topological polar surface area (TPSA) is 16.8 Å². The van der Waals surface area contributed by atoms with Gasteiger partial charge in [0.15, 0.2) is 0 Å². The zero-order valence-corrected chi connectivity index (χ0v) is 15.7. The van der Waals surface area contributed by atoms with Gasteiger partial charge >= 0.3 is 0 Å². The number of benzene rings is 3. The number of para-hydroxylation sites is 1. The summed E-state index contributed by atoms with van der Waals surface area (Å²) in [4.78, 5) is 5.15. The van der Waals surface area contributed by atoms with Crippen molar-refractivity contribution < 1.29 is 4.57 Å². The first kappa shape index (κ1) is 15.5. The van der Waals surface area contributed by atoms with Gasteiger partial charge in [-0.3, -0.25) is 0 Å².